The van der Waals surface area contributed by atoms with Crippen LogP contribution >= 0.6 is 12.2 Å². The van der Waals surface area contributed by atoms with Crippen LogP contribution in [0.2, 0.25) is 0 Å². The zero-order valence-corrected chi connectivity index (χ0v) is 13.1. The van der Waals surface area contributed by atoms with E-state index in [-0.39, 0.29) is 17.7 Å². The van der Waals surface area contributed by atoms with Crippen LogP contribution in [0.5, 0.6) is 5.75 Å². The number of nitrogens with one attached hydrogen (secondary N) is 1. The largest absolute Gasteiger partial charge is 0.508 e. The number of aromatic nitrogens is 1. The summed E-state index contributed by atoms with van der Waals surface area (Å²) in [6.07, 6.45) is 1.53. The van der Waals surface area contributed by atoms with Crippen molar-refractivity contribution in [3.63, 3.8) is 0 Å². The number of hydrogen-bond acceptors (Lipinski definition) is 3. The van der Waals surface area contributed by atoms with E-state index in [4.69, 9.17) is 12.2 Å². The topological polar surface area (TPSA) is 59.6 Å². The highest BCUT2D eigenvalue weighted by Crippen LogP contribution is 2.35. The molecular weight excluding hydrogens is 298 g/mol. The van der Waals surface area contributed by atoms with Crippen LogP contribution in [0.4, 0.5) is 0 Å². The van der Waals surface area contributed by atoms with Crippen LogP contribution < -0.4 is 0 Å². The van der Waals surface area contributed by atoms with E-state index in [1.165, 1.54) is 0 Å². The number of nitrogens with zero attached hydrogens (tertiary/aromatic N) is 2. The zero-order valence-electron chi connectivity index (χ0n) is 12.3. The van der Waals surface area contributed by atoms with Crippen molar-refractivity contribution in [3.8, 4) is 5.75 Å². The van der Waals surface area contributed by atoms with E-state index < -0.39 is 0 Å². The van der Waals surface area contributed by atoms with Crippen molar-refractivity contribution in [3.05, 3.63) is 29.5 Å². The molecule has 0 aliphatic carbocycles. The molecule has 6 heteroatoms. The number of phenols is 1. The van der Waals surface area contributed by atoms with Gasteiger partial charge in [0.25, 0.3) is 5.91 Å². The molecule has 2 aliphatic heterocycles. The Kier molecular flexibility index (Phi) is 2.91. The van der Waals surface area contributed by atoms with E-state index >= 15 is 0 Å². The number of H-pyrrole nitrogens is 1. The molecule has 1 fully saturated rings. The highest BCUT2D eigenvalue weighted by molar-refractivity contribution is 7.80. The lowest BCUT2D eigenvalue weighted by molar-refractivity contribution is -0.128. The molecule has 1 aromatic heterocycles. The smallest absolute Gasteiger partial charge is 0.251 e. The molecule has 2 N–H and O–H groups in total. The van der Waals surface area contributed by atoms with Gasteiger partial charge in [-0.05, 0) is 42.4 Å². The van der Waals surface area contributed by atoms with E-state index in [2.05, 4.69) is 4.98 Å². The number of hydrogen-bond donors (Lipinski definition) is 2. The molecule has 1 atom stereocenters. The van der Waals surface area contributed by atoms with Gasteiger partial charge in [0.15, 0.2) is 5.11 Å². The van der Waals surface area contributed by atoms with Gasteiger partial charge in [-0.15, -0.1) is 0 Å². The monoisotopic (exact) mass is 315 g/mol. The van der Waals surface area contributed by atoms with Gasteiger partial charge in [-0.3, -0.25) is 9.69 Å². The van der Waals surface area contributed by atoms with Gasteiger partial charge in [0.1, 0.15) is 11.8 Å². The SMILES string of the molecule is CCCN1C(=O)C2Cc3c([nH]c4ccc(O)cc34)CN2C1=S. The quantitative estimate of drug-likeness (QED) is 0.834. The zero-order chi connectivity index (χ0) is 15.4. The highest BCUT2D eigenvalue weighted by atomic mass is 32.1. The van der Waals surface area contributed by atoms with E-state index in [9.17, 15) is 9.90 Å². The molecule has 1 unspecified atom stereocenters. The van der Waals surface area contributed by atoms with Crippen LogP contribution in [0.1, 0.15) is 24.6 Å². The molecule has 3 heterocycles. The van der Waals surface area contributed by atoms with Crippen LogP contribution in [0.3, 0.4) is 0 Å². The summed E-state index contributed by atoms with van der Waals surface area (Å²) >= 11 is 5.49. The Labute approximate surface area is 133 Å². The summed E-state index contributed by atoms with van der Waals surface area (Å²) in [4.78, 5) is 19.8. The summed E-state index contributed by atoms with van der Waals surface area (Å²) in [7, 11) is 0. The van der Waals surface area contributed by atoms with Crippen molar-refractivity contribution in [2.75, 3.05) is 6.54 Å². The lowest BCUT2D eigenvalue weighted by Crippen LogP contribution is -2.39. The third-order valence-corrected chi connectivity index (χ3v) is 5.01. The normalized spacial score (nSPS) is 20.7. The molecule has 0 saturated carbocycles. The molecule has 0 radical (unpaired) electrons. The van der Waals surface area contributed by atoms with Gasteiger partial charge in [0.2, 0.25) is 0 Å². The predicted molar refractivity (Wildman–Crippen MR) is 87.6 cm³/mol. The fourth-order valence-electron chi connectivity index (χ4n) is 3.52. The molecule has 22 heavy (non-hydrogen) atoms. The molecule has 0 spiro atoms. The molecule has 114 valence electrons. The first-order valence-electron chi connectivity index (χ1n) is 7.54. The number of benzene rings is 1. The molecule has 5 nitrogen and oxygen atoms in total. The third-order valence-electron chi connectivity index (χ3n) is 4.56. The number of rotatable bonds is 2. The van der Waals surface area contributed by atoms with Crippen molar-refractivity contribution in [1.82, 2.24) is 14.8 Å². The average molecular weight is 315 g/mol. The Morgan fingerprint density at radius 3 is 3.05 bits per heavy atom. The lowest BCUT2D eigenvalue weighted by atomic mass is 9.97. The highest BCUT2D eigenvalue weighted by Gasteiger charge is 2.45. The molecule has 2 aliphatic rings. The second-order valence-electron chi connectivity index (χ2n) is 5.93. The second kappa shape index (κ2) is 4.71. The second-order valence-corrected chi connectivity index (χ2v) is 6.30. The Bertz CT molecular complexity index is 798. The Morgan fingerprint density at radius 2 is 2.27 bits per heavy atom. The standard InChI is InChI=1S/C16H17N3O2S/c1-2-5-18-15(21)14-7-11-10-6-9(20)3-4-12(10)17-13(11)8-19(14)16(18)22/h3-4,6,14,17,20H,2,5,7-8H2,1H3. The van der Waals surface area contributed by atoms with Gasteiger partial charge >= 0.3 is 0 Å². The van der Waals surface area contributed by atoms with Gasteiger partial charge in [0, 0.05) is 29.6 Å². The number of phenolic OH excluding ortho intramolecular Hbond substituents is 1. The summed E-state index contributed by atoms with van der Waals surface area (Å²) in [6, 6.07) is 5.11. The molecule has 4 rings (SSSR count). The number of thiocarbonyl (C=S) groups is 1. The predicted octanol–water partition coefficient (Wildman–Crippen LogP) is 2.14. The van der Waals surface area contributed by atoms with E-state index in [1.54, 1.807) is 17.0 Å². The van der Waals surface area contributed by atoms with E-state index in [0.717, 1.165) is 28.6 Å². The van der Waals surface area contributed by atoms with Gasteiger partial charge < -0.3 is 15.0 Å². The van der Waals surface area contributed by atoms with Gasteiger partial charge in [0.05, 0.1) is 6.54 Å². The van der Waals surface area contributed by atoms with Crippen molar-refractivity contribution in [2.45, 2.75) is 32.4 Å². The number of fused-ring (bicyclic) bond motifs is 4. The van der Waals surface area contributed by atoms with Crippen molar-refractivity contribution < 1.29 is 9.90 Å². The summed E-state index contributed by atoms with van der Waals surface area (Å²) < 4.78 is 0. The molecule has 0 bridgehead atoms. The molecule has 1 aromatic carbocycles. The van der Waals surface area contributed by atoms with Gasteiger partial charge in [-0.2, -0.15) is 0 Å². The van der Waals surface area contributed by atoms with Crippen molar-refractivity contribution in [1.29, 1.82) is 0 Å². The first-order chi connectivity index (χ1) is 10.6. The Hall–Kier alpha value is -2.08. The first kappa shape index (κ1) is 13.6. The molecule has 2 aromatic rings. The van der Waals surface area contributed by atoms with Gasteiger partial charge in [-0.1, -0.05) is 6.92 Å². The lowest BCUT2D eigenvalue weighted by Gasteiger charge is -2.28. The number of amides is 1. The number of carbonyl (C=O) groups excluding carboxylic acids is 1. The van der Waals surface area contributed by atoms with Crippen LogP contribution in [0.15, 0.2) is 18.2 Å². The minimum atomic E-state index is -0.201. The van der Waals surface area contributed by atoms with E-state index in [0.29, 0.717) is 24.6 Å². The van der Waals surface area contributed by atoms with Crippen molar-refractivity contribution >= 4 is 34.1 Å². The molecule has 1 saturated heterocycles. The number of aromatic amines is 1. The fraction of sp³-hybridized carbons (Fsp3) is 0.375. The molecule has 1 amide bonds. The number of aromatic hydroxyl groups is 1. The third kappa shape index (κ3) is 1.76. The Morgan fingerprint density at radius 1 is 1.45 bits per heavy atom. The average Bonchev–Trinajstić information content (AvgIpc) is 2.96. The maximum absolute atomic E-state index is 12.6. The Balaban J connectivity index is 1.77. The van der Waals surface area contributed by atoms with Gasteiger partial charge in [-0.25, -0.2) is 0 Å². The summed E-state index contributed by atoms with van der Waals surface area (Å²) in [5.41, 5.74) is 3.21. The van der Waals surface area contributed by atoms with Crippen LogP contribution in [-0.4, -0.2) is 43.5 Å². The minimum Gasteiger partial charge on any atom is -0.508 e. The fourth-order valence-corrected chi connectivity index (χ4v) is 3.90. The first-order valence-corrected chi connectivity index (χ1v) is 7.95. The summed E-state index contributed by atoms with van der Waals surface area (Å²) in [6.45, 7) is 3.35. The van der Waals surface area contributed by atoms with Crippen molar-refractivity contribution in [2.24, 2.45) is 0 Å². The summed E-state index contributed by atoms with van der Waals surface area (Å²) in [5.74, 6) is 0.351. The minimum absolute atomic E-state index is 0.104. The van der Waals surface area contributed by atoms with Crippen LogP contribution in [-0.2, 0) is 17.8 Å². The van der Waals surface area contributed by atoms with Crippen LogP contribution in [0, 0.1) is 0 Å². The molecular formula is C16H17N3O2S. The van der Waals surface area contributed by atoms with Crippen LogP contribution in [0.25, 0.3) is 10.9 Å². The maximum Gasteiger partial charge on any atom is 0.251 e. The van der Waals surface area contributed by atoms with E-state index in [1.807, 2.05) is 17.9 Å². The number of carbonyl (C=O) groups is 1. The maximum atomic E-state index is 12.6. The summed E-state index contributed by atoms with van der Waals surface area (Å²) in [5, 5.41) is 11.4.